The minimum absolute atomic E-state index is 0.206. The highest BCUT2D eigenvalue weighted by Gasteiger charge is 2.46. The molecule has 2 rings (SSSR count). The molecule has 22 heavy (non-hydrogen) atoms. The quantitative estimate of drug-likeness (QED) is 0.865. The maximum Gasteiger partial charge on any atom is 0.410 e. The fourth-order valence-corrected chi connectivity index (χ4v) is 4.48. The highest BCUT2D eigenvalue weighted by atomic mass is 32.2. The highest BCUT2D eigenvalue weighted by Crippen LogP contribution is 2.46. The van der Waals surface area contributed by atoms with Gasteiger partial charge in [-0.25, -0.2) is 13.7 Å². The van der Waals surface area contributed by atoms with E-state index in [1.165, 1.54) is 12.8 Å². The molecule has 0 radical (unpaired) electrons. The van der Waals surface area contributed by atoms with Crippen LogP contribution >= 0.6 is 0 Å². The second-order valence-corrected chi connectivity index (χ2v) is 9.03. The molecule has 1 saturated heterocycles. The van der Waals surface area contributed by atoms with E-state index in [1.807, 2.05) is 32.6 Å². The number of carbonyl (C=O) groups is 1. The minimum Gasteiger partial charge on any atom is -0.444 e. The van der Waals surface area contributed by atoms with E-state index >= 15 is 0 Å². The Labute approximate surface area is 136 Å². The molecule has 1 N–H and O–H groups in total. The number of hydrogen-bond acceptors (Lipinski definition) is 3. The Morgan fingerprint density at radius 1 is 1.32 bits per heavy atom. The first-order chi connectivity index (χ1) is 10.3. The van der Waals surface area contributed by atoms with Crippen LogP contribution in [0.2, 0.25) is 0 Å². The van der Waals surface area contributed by atoms with E-state index in [-0.39, 0.29) is 11.5 Å². The molecule has 2 aliphatic rings. The summed E-state index contributed by atoms with van der Waals surface area (Å²) in [4.78, 5) is 14.0. The summed E-state index contributed by atoms with van der Waals surface area (Å²) in [5.41, 5.74) is -0.231. The second-order valence-electron chi connectivity index (χ2n) is 7.53. The number of nitrogens with one attached hydrogen (secondary N) is 1. The van der Waals surface area contributed by atoms with Gasteiger partial charge < -0.3 is 9.64 Å². The Balaban J connectivity index is 1.92. The third kappa shape index (κ3) is 4.22. The van der Waals surface area contributed by atoms with Gasteiger partial charge in [-0.05, 0) is 51.9 Å². The lowest BCUT2D eigenvalue weighted by atomic mass is 9.74. The molecular formula is C16H30N2O3S. The van der Waals surface area contributed by atoms with Crippen LogP contribution in [0.3, 0.4) is 0 Å². The van der Waals surface area contributed by atoms with Gasteiger partial charge in [0.15, 0.2) is 0 Å². The van der Waals surface area contributed by atoms with Gasteiger partial charge in [0, 0.05) is 24.9 Å². The zero-order chi connectivity index (χ0) is 16.4. The molecule has 5 nitrogen and oxygen atoms in total. The molecule has 0 bridgehead atoms. The molecule has 2 unspecified atom stereocenters. The summed E-state index contributed by atoms with van der Waals surface area (Å²) in [5.74, 6) is 0.649. The van der Waals surface area contributed by atoms with E-state index in [1.54, 1.807) is 0 Å². The largest absolute Gasteiger partial charge is 0.444 e. The van der Waals surface area contributed by atoms with Gasteiger partial charge in [0.05, 0.1) is 11.0 Å². The smallest absolute Gasteiger partial charge is 0.410 e. The first kappa shape index (κ1) is 17.7. The van der Waals surface area contributed by atoms with Gasteiger partial charge in [0.2, 0.25) is 0 Å². The third-order valence-electron chi connectivity index (χ3n) is 4.85. The number of likely N-dealkylation sites (tertiary alicyclic amines) is 1. The van der Waals surface area contributed by atoms with Crippen LogP contribution in [0.15, 0.2) is 0 Å². The van der Waals surface area contributed by atoms with Crippen molar-refractivity contribution in [2.24, 2.45) is 5.41 Å². The van der Waals surface area contributed by atoms with E-state index in [2.05, 4.69) is 4.72 Å². The Hall–Kier alpha value is -0.620. The Morgan fingerprint density at radius 3 is 2.50 bits per heavy atom. The molecule has 1 heterocycles. The van der Waals surface area contributed by atoms with Crippen molar-refractivity contribution in [2.45, 2.75) is 71.4 Å². The van der Waals surface area contributed by atoms with Crippen molar-refractivity contribution in [2.75, 3.05) is 18.8 Å². The summed E-state index contributed by atoms with van der Waals surface area (Å²) in [6.07, 6.45) is 5.20. The first-order valence-corrected chi connectivity index (χ1v) is 9.70. The summed E-state index contributed by atoms with van der Waals surface area (Å²) in [5, 5.41) is 0. The molecule has 1 amide bonds. The SMILES string of the molecule is CCS(=O)NC1CCCC12CCN(C(=O)OC(C)(C)C)CC2. The summed E-state index contributed by atoms with van der Waals surface area (Å²) < 4.78 is 20.6. The number of rotatable bonds is 3. The van der Waals surface area contributed by atoms with Crippen molar-refractivity contribution in [3.8, 4) is 0 Å². The van der Waals surface area contributed by atoms with Crippen molar-refractivity contribution in [1.29, 1.82) is 0 Å². The molecule has 1 saturated carbocycles. The van der Waals surface area contributed by atoms with E-state index in [0.29, 0.717) is 11.8 Å². The van der Waals surface area contributed by atoms with Crippen LogP contribution in [0.5, 0.6) is 0 Å². The fourth-order valence-electron chi connectivity index (χ4n) is 3.62. The first-order valence-electron chi connectivity index (χ1n) is 8.38. The van der Waals surface area contributed by atoms with Crippen LogP contribution in [0.4, 0.5) is 4.79 Å². The van der Waals surface area contributed by atoms with Gasteiger partial charge in [0.1, 0.15) is 5.60 Å². The fraction of sp³-hybridized carbons (Fsp3) is 0.938. The normalized spacial score (nSPS) is 26.2. The van der Waals surface area contributed by atoms with Gasteiger partial charge in [-0.3, -0.25) is 0 Å². The maximum atomic E-state index is 12.2. The molecule has 0 aromatic carbocycles. The predicted octanol–water partition coefficient (Wildman–Crippen LogP) is 2.83. The van der Waals surface area contributed by atoms with Crippen LogP contribution in [0, 0.1) is 5.41 Å². The van der Waals surface area contributed by atoms with Crippen LogP contribution in [-0.4, -0.2) is 45.7 Å². The van der Waals surface area contributed by atoms with E-state index in [0.717, 1.165) is 32.4 Å². The molecule has 0 aromatic heterocycles. The van der Waals surface area contributed by atoms with E-state index in [9.17, 15) is 9.00 Å². The van der Waals surface area contributed by atoms with Crippen molar-refractivity contribution in [3.05, 3.63) is 0 Å². The van der Waals surface area contributed by atoms with Crippen LogP contribution in [0.25, 0.3) is 0 Å². The zero-order valence-electron chi connectivity index (χ0n) is 14.3. The van der Waals surface area contributed by atoms with Gasteiger partial charge in [-0.15, -0.1) is 0 Å². The number of carbonyl (C=O) groups excluding carboxylic acids is 1. The standard InChI is InChI=1S/C16H30N2O3S/c1-5-22(20)17-13-7-6-8-16(13)9-11-18(12-10-16)14(19)21-15(2,3)4/h13,17H,5-12H2,1-4H3. The van der Waals surface area contributed by atoms with Crippen molar-refractivity contribution >= 4 is 17.1 Å². The Morgan fingerprint density at radius 2 is 1.95 bits per heavy atom. The lowest BCUT2D eigenvalue weighted by Gasteiger charge is -2.43. The molecule has 1 spiro atoms. The average molecular weight is 330 g/mol. The van der Waals surface area contributed by atoms with Crippen molar-refractivity contribution < 1.29 is 13.7 Å². The topological polar surface area (TPSA) is 58.6 Å². The van der Waals surface area contributed by atoms with Gasteiger partial charge in [0.25, 0.3) is 0 Å². The Kier molecular flexibility index (Phi) is 5.54. The minimum atomic E-state index is -0.931. The number of nitrogens with zero attached hydrogens (tertiary/aromatic N) is 1. The Bertz CT molecular complexity index is 426. The summed E-state index contributed by atoms with van der Waals surface area (Å²) in [6.45, 7) is 9.11. The molecule has 0 aromatic rings. The maximum absolute atomic E-state index is 12.2. The number of piperidine rings is 1. The molecular weight excluding hydrogens is 300 g/mol. The molecule has 2 atom stereocenters. The lowest BCUT2D eigenvalue weighted by Crippen LogP contribution is -2.51. The summed E-state index contributed by atoms with van der Waals surface area (Å²) in [7, 11) is -0.931. The second kappa shape index (κ2) is 6.87. The third-order valence-corrected chi connectivity index (χ3v) is 5.93. The van der Waals surface area contributed by atoms with Crippen LogP contribution in [0.1, 0.15) is 59.8 Å². The van der Waals surface area contributed by atoms with E-state index in [4.69, 9.17) is 4.74 Å². The average Bonchev–Trinajstić information content (AvgIpc) is 2.80. The number of amides is 1. The lowest BCUT2D eigenvalue weighted by molar-refractivity contribution is 0.00826. The molecule has 6 heteroatoms. The zero-order valence-corrected chi connectivity index (χ0v) is 15.1. The molecule has 128 valence electrons. The highest BCUT2D eigenvalue weighted by molar-refractivity contribution is 7.83. The van der Waals surface area contributed by atoms with E-state index < -0.39 is 16.6 Å². The predicted molar refractivity (Wildman–Crippen MR) is 88.9 cm³/mol. The summed E-state index contributed by atoms with van der Waals surface area (Å²) >= 11 is 0. The van der Waals surface area contributed by atoms with Gasteiger partial charge in [-0.1, -0.05) is 13.3 Å². The summed E-state index contributed by atoms with van der Waals surface area (Å²) in [6, 6.07) is 0.328. The number of ether oxygens (including phenoxy) is 1. The van der Waals surface area contributed by atoms with Crippen molar-refractivity contribution in [3.63, 3.8) is 0 Å². The van der Waals surface area contributed by atoms with Crippen LogP contribution in [-0.2, 0) is 15.7 Å². The van der Waals surface area contributed by atoms with Gasteiger partial charge in [-0.2, -0.15) is 0 Å². The molecule has 1 aliphatic heterocycles. The van der Waals surface area contributed by atoms with Crippen LogP contribution < -0.4 is 4.72 Å². The van der Waals surface area contributed by atoms with Crippen molar-refractivity contribution in [1.82, 2.24) is 9.62 Å². The number of hydrogen-bond donors (Lipinski definition) is 1. The molecule has 1 aliphatic carbocycles. The molecule has 2 fully saturated rings. The van der Waals surface area contributed by atoms with Gasteiger partial charge >= 0.3 is 6.09 Å². The monoisotopic (exact) mass is 330 g/mol.